The molecule has 0 aromatic carbocycles. The molecule has 30 heavy (non-hydrogen) atoms. The van der Waals surface area contributed by atoms with Crippen molar-refractivity contribution in [3.05, 3.63) is 5.32 Å². The van der Waals surface area contributed by atoms with Crippen LogP contribution >= 0.6 is 0 Å². The van der Waals surface area contributed by atoms with Crippen LogP contribution in [0.1, 0.15) is 72.1 Å². The van der Waals surface area contributed by atoms with Gasteiger partial charge in [0.2, 0.25) is 5.91 Å². The average Bonchev–Trinajstić information content (AvgIpc) is 3.43. The quantitative estimate of drug-likeness (QED) is 0.223. The third kappa shape index (κ3) is 21.1. The Bertz CT molecular complexity index is 414. The van der Waals surface area contributed by atoms with Crippen molar-refractivity contribution in [3.8, 4) is 0 Å². The van der Waals surface area contributed by atoms with Gasteiger partial charge in [0.1, 0.15) is 6.23 Å². The van der Waals surface area contributed by atoms with Crippen LogP contribution in [-0.2, 0) is 42.3 Å². The monoisotopic (exact) mass is 507 g/mol. The van der Waals surface area contributed by atoms with Gasteiger partial charge in [0.15, 0.2) is 0 Å². The summed E-state index contributed by atoms with van der Waals surface area (Å²) in [6, 6.07) is 0. The molecule has 1 aliphatic rings. The molecule has 1 saturated carbocycles. The van der Waals surface area contributed by atoms with Crippen LogP contribution in [0.3, 0.4) is 0 Å². The van der Waals surface area contributed by atoms with Gasteiger partial charge in [-0.05, 0) is 32.1 Å². The Hall–Kier alpha value is -0.116. The molecule has 1 aliphatic carbocycles. The molecule has 0 aliphatic heterocycles. The zero-order chi connectivity index (χ0) is 22.7. The van der Waals surface area contributed by atoms with E-state index in [2.05, 4.69) is 12.2 Å². The number of aliphatic hydroxyl groups is 2. The number of hydrogen-bond donors (Lipinski definition) is 4. The normalized spacial score (nSPS) is 17.3. The predicted molar refractivity (Wildman–Crippen MR) is 117 cm³/mol. The van der Waals surface area contributed by atoms with E-state index in [1.807, 2.05) is 6.92 Å². The van der Waals surface area contributed by atoms with Crippen molar-refractivity contribution in [2.24, 2.45) is 17.6 Å². The molecule has 0 spiro atoms. The second-order valence-corrected chi connectivity index (χ2v) is 7.34. The minimum Gasteiger partial charge on any atom is -0.657 e. The van der Waals surface area contributed by atoms with Gasteiger partial charge < -0.3 is 31.3 Å². The maximum absolute atomic E-state index is 11.5. The number of carbonyl (C=O) groups excluding carboxylic acids is 1. The van der Waals surface area contributed by atoms with Gasteiger partial charge in [0.05, 0.1) is 12.5 Å². The van der Waals surface area contributed by atoms with E-state index in [1.54, 1.807) is 18.9 Å². The molecule has 0 bridgehead atoms. The van der Waals surface area contributed by atoms with E-state index in [1.165, 1.54) is 25.7 Å². The van der Waals surface area contributed by atoms with Crippen molar-refractivity contribution in [1.82, 2.24) is 4.90 Å². The van der Waals surface area contributed by atoms with E-state index >= 15 is 0 Å². The van der Waals surface area contributed by atoms with E-state index in [9.17, 15) is 9.59 Å². The molecule has 1 fully saturated rings. The van der Waals surface area contributed by atoms with Gasteiger partial charge in [0.25, 0.3) is 0 Å². The summed E-state index contributed by atoms with van der Waals surface area (Å²) in [6.07, 6.45) is 8.08. The first-order valence-electron chi connectivity index (χ1n) is 10.9. The summed E-state index contributed by atoms with van der Waals surface area (Å²) in [5, 5.41) is 28.9. The second-order valence-electron chi connectivity index (χ2n) is 7.34. The molecule has 0 saturated heterocycles. The second kappa shape index (κ2) is 23.5. The molecule has 177 valence electrons. The number of carboxylic acid groups (broad SMARTS) is 1. The molecule has 3 atom stereocenters. The van der Waals surface area contributed by atoms with Crippen molar-refractivity contribution < 1.29 is 57.6 Å². The SMILES string of the molecule is CCCCCCC1CC1C(=O)O.CCCCN(CC(N)O)C(=O)C[N-]C.CCO.[Y]. The molecule has 9 heteroatoms. The minimum absolute atomic E-state index is 0. The van der Waals surface area contributed by atoms with Crippen LogP contribution < -0.4 is 5.73 Å². The minimum atomic E-state index is -0.965. The van der Waals surface area contributed by atoms with Crippen LogP contribution in [0.25, 0.3) is 5.32 Å². The Balaban J connectivity index is -0.000000419. The number of unbranched alkanes of at least 4 members (excludes halogenated alkanes) is 4. The zero-order valence-electron chi connectivity index (χ0n) is 19.4. The molecular formula is C21H44N3O5Y-. The molecule has 5 N–H and O–H groups in total. The Labute approximate surface area is 208 Å². The standard InChI is InChI=1S/C10H18O2.C9H20N3O2.C2H6O.Y/c1-2-3-4-5-6-8-7-9(8)10(11)12;1-3-4-5-12(7-8(10)13)9(14)6-11-2;1-2-3;/h8-9H,2-7H2,1H3,(H,11,12);8,13H,3-7,10H2,1-2H3;3H,2H2,1H3;/q;-1;;. The number of nitrogens with zero attached hydrogens (tertiary/aromatic N) is 2. The first-order chi connectivity index (χ1) is 13.8. The number of aliphatic hydroxyl groups excluding tert-OH is 2. The Morgan fingerprint density at radius 1 is 1.13 bits per heavy atom. The Morgan fingerprint density at radius 3 is 2.10 bits per heavy atom. The van der Waals surface area contributed by atoms with Crippen LogP contribution in [0.15, 0.2) is 0 Å². The molecule has 1 rings (SSSR count). The summed E-state index contributed by atoms with van der Waals surface area (Å²) in [5.74, 6) is -0.146. The molecule has 0 heterocycles. The number of rotatable bonds is 13. The summed E-state index contributed by atoms with van der Waals surface area (Å²) in [4.78, 5) is 23.5. The summed E-state index contributed by atoms with van der Waals surface area (Å²) < 4.78 is 0. The molecule has 1 amide bonds. The molecule has 0 aromatic rings. The maximum atomic E-state index is 11.5. The third-order valence-electron chi connectivity index (χ3n) is 4.50. The number of amides is 1. The van der Waals surface area contributed by atoms with Crippen molar-refractivity contribution in [1.29, 1.82) is 0 Å². The number of carboxylic acids is 1. The van der Waals surface area contributed by atoms with E-state index < -0.39 is 12.2 Å². The Morgan fingerprint density at radius 2 is 1.70 bits per heavy atom. The fraction of sp³-hybridized carbons (Fsp3) is 0.905. The summed E-state index contributed by atoms with van der Waals surface area (Å²) >= 11 is 0. The molecule has 0 aromatic heterocycles. The molecule has 1 radical (unpaired) electrons. The number of carbonyl (C=O) groups is 2. The smallest absolute Gasteiger partial charge is 0.306 e. The van der Waals surface area contributed by atoms with Crippen molar-refractivity contribution in [2.45, 2.75) is 78.4 Å². The van der Waals surface area contributed by atoms with Crippen molar-refractivity contribution >= 4 is 11.9 Å². The average molecular weight is 508 g/mol. The number of nitrogens with two attached hydrogens (primary N) is 1. The number of likely N-dealkylation sites (N-methyl/N-ethyl adjacent to an activating group) is 1. The zero-order valence-corrected chi connectivity index (χ0v) is 22.3. The fourth-order valence-electron chi connectivity index (χ4n) is 2.83. The van der Waals surface area contributed by atoms with Gasteiger partial charge in [-0.1, -0.05) is 52.5 Å². The van der Waals surface area contributed by atoms with Gasteiger partial charge >= 0.3 is 5.97 Å². The number of aliphatic carboxylic acids is 1. The molecule has 8 nitrogen and oxygen atoms in total. The van der Waals surface area contributed by atoms with Crippen LogP contribution in [0, 0.1) is 11.8 Å². The van der Waals surface area contributed by atoms with Crippen LogP contribution in [0.4, 0.5) is 0 Å². The first-order valence-corrected chi connectivity index (χ1v) is 10.9. The third-order valence-corrected chi connectivity index (χ3v) is 4.50. The van der Waals surface area contributed by atoms with E-state index in [0.717, 1.165) is 25.7 Å². The maximum Gasteiger partial charge on any atom is 0.306 e. The van der Waals surface area contributed by atoms with Crippen molar-refractivity contribution in [2.75, 3.05) is 33.3 Å². The van der Waals surface area contributed by atoms with E-state index in [4.69, 9.17) is 21.1 Å². The van der Waals surface area contributed by atoms with Gasteiger partial charge in [-0.3, -0.25) is 9.59 Å². The molecule has 3 unspecified atom stereocenters. The van der Waals surface area contributed by atoms with Gasteiger partial charge in [-0.2, -0.15) is 7.05 Å². The Kier molecular flexibility index (Phi) is 27.1. The van der Waals surface area contributed by atoms with E-state index in [0.29, 0.717) is 12.5 Å². The largest absolute Gasteiger partial charge is 0.657 e. The summed E-state index contributed by atoms with van der Waals surface area (Å²) in [7, 11) is 1.59. The van der Waals surface area contributed by atoms with Gasteiger partial charge in [-0.15, -0.1) is 0 Å². The summed E-state index contributed by atoms with van der Waals surface area (Å²) in [5.41, 5.74) is 5.23. The number of hydrogen-bond acceptors (Lipinski definition) is 5. The first kappa shape index (κ1) is 34.5. The van der Waals surface area contributed by atoms with Crippen LogP contribution in [0.2, 0.25) is 0 Å². The van der Waals surface area contributed by atoms with Crippen LogP contribution in [0.5, 0.6) is 0 Å². The molecular weight excluding hydrogens is 463 g/mol. The van der Waals surface area contributed by atoms with Crippen LogP contribution in [-0.4, -0.2) is 71.6 Å². The fourth-order valence-corrected chi connectivity index (χ4v) is 2.83. The van der Waals surface area contributed by atoms with Gasteiger partial charge in [-0.25, -0.2) is 0 Å². The predicted octanol–water partition coefficient (Wildman–Crippen LogP) is 2.57. The van der Waals surface area contributed by atoms with E-state index in [-0.39, 0.29) is 64.2 Å². The summed E-state index contributed by atoms with van der Waals surface area (Å²) in [6.45, 7) is 7.16. The topological polar surface area (TPSA) is 138 Å². The van der Waals surface area contributed by atoms with Gasteiger partial charge in [0, 0.05) is 45.9 Å². The van der Waals surface area contributed by atoms with Crippen molar-refractivity contribution in [3.63, 3.8) is 0 Å².